The maximum atomic E-state index is 13.6. The van der Waals surface area contributed by atoms with Crippen LogP contribution in [0.4, 0.5) is 27.8 Å². The molecule has 1 amide bonds. The second-order valence-electron chi connectivity index (χ2n) is 7.82. The third-order valence-electron chi connectivity index (χ3n) is 5.00. The topological polar surface area (TPSA) is 124 Å². The molecule has 3 aromatic rings. The molecule has 34 heavy (non-hydrogen) atoms. The van der Waals surface area contributed by atoms with Crippen molar-refractivity contribution in [3.63, 3.8) is 0 Å². The van der Waals surface area contributed by atoms with E-state index in [2.05, 4.69) is 30.7 Å². The minimum atomic E-state index is -4.42. The van der Waals surface area contributed by atoms with Gasteiger partial charge in [0, 0.05) is 42.5 Å². The lowest BCUT2D eigenvalue weighted by atomic mass is 10.0. The number of hydrogen-bond acceptors (Lipinski definition) is 7. The average Bonchev–Trinajstić information content (AvgIpc) is 3.20. The van der Waals surface area contributed by atoms with Gasteiger partial charge in [0.25, 0.3) is 11.8 Å². The number of hydrogen-bond donors (Lipinski definition) is 3. The van der Waals surface area contributed by atoms with E-state index in [9.17, 15) is 26.7 Å². The van der Waals surface area contributed by atoms with E-state index < -0.39 is 43.6 Å². The zero-order valence-electron chi connectivity index (χ0n) is 17.5. The molecule has 0 aliphatic carbocycles. The molecular formula is C20H19F5N8O. The van der Waals surface area contributed by atoms with Gasteiger partial charge in [0.1, 0.15) is 6.54 Å². The van der Waals surface area contributed by atoms with E-state index in [1.807, 2.05) is 0 Å². The highest BCUT2D eigenvalue weighted by atomic mass is 19.4. The summed E-state index contributed by atoms with van der Waals surface area (Å²) in [5.41, 5.74) is 6.92. The number of nitrogens with one attached hydrogen (secondary N) is 2. The number of piperidine rings is 1. The van der Waals surface area contributed by atoms with E-state index in [1.54, 1.807) is 12.1 Å². The third-order valence-corrected chi connectivity index (χ3v) is 5.00. The number of rotatable bonds is 5. The number of halogens is 5. The first kappa shape index (κ1) is 23.5. The molecule has 4 N–H and O–H groups in total. The molecule has 1 atom stereocenters. The van der Waals surface area contributed by atoms with Crippen molar-refractivity contribution in [2.75, 3.05) is 18.8 Å². The number of pyridine rings is 1. The van der Waals surface area contributed by atoms with Crippen molar-refractivity contribution in [2.24, 2.45) is 0 Å². The molecule has 0 aromatic carbocycles. The van der Waals surface area contributed by atoms with Gasteiger partial charge in [0.2, 0.25) is 0 Å². The van der Waals surface area contributed by atoms with Gasteiger partial charge in [0.05, 0.1) is 30.3 Å². The van der Waals surface area contributed by atoms with E-state index in [0.717, 1.165) is 4.68 Å². The molecule has 0 saturated carbocycles. The number of nitrogen functional groups attached to an aromatic ring is 1. The van der Waals surface area contributed by atoms with Crippen LogP contribution in [0, 0.1) is 0 Å². The van der Waals surface area contributed by atoms with Crippen molar-refractivity contribution < 1.29 is 26.7 Å². The zero-order valence-corrected chi connectivity index (χ0v) is 17.5. The second-order valence-corrected chi connectivity index (χ2v) is 7.82. The first-order valence-corrected chi connectivity index (χ1v) is 10.1. The number of aromatic nitrogens is 5. The van der Waals surface area contributed by atoms with E-state index in [-0.39, 0.29) is 23.8 Å². The summed E-state index contributed by atoms with van der Waals surface area (Å²) in [6, 6.07) is 2.29. The van der Waals surface area contributed by atoms with Gasteiger partial charge in [-0.1, -0.05) is 0 Å². The van der Waals surface area contributed by atoms with Gasteiger partial charge >= 0.3 is 6.18 Å². The number of anilines is 1. The Morgan fingerprint density at radius 1 is 1.24 bits per heavy atom. The van der Waals surface area contributed by atoms with Gasteiger partial charge in [0.15, 0.2) is 11.5 Å². The molecule has 0 spiro atoms. The van der Waals surface area contributed by atoms with Crippen molar-refractivity contribution in [3.8, 4) is 22.5 Å². The lowest BCUT2D eigenvalue weighted by Gasteiger charge is -2.30. The Balaban J connectivity index is 1.55. The lowest BCUT2D eigenvalue weighted by molar-refractivity contribution is -0.142. The molecule has 3 aromatic heterocycles. The fraction of sp³-hybridized carbons (Fsp3) is 0.350. The van der Waals surface area contributed by atoms with Crippen molar-refractivity contribution in [2.45, 2.75) is 31.1 Å². The summed E-state index contributed by atoms with van der Waals surface area (Å²) in [7, 11) is 0. The van der Waals surface area contributed by atoms with Crippen LogP contribution in [0.1, 0.15) is 16.9 Å². The van der Waals surface area contributed by atoms with Gasteiger partial charge in [-0.2, -0.15) is 18.3 Å². The minimum absolute atomic E-state index is 0.171. The molecule has 4 heterocycles. The number of amides is 1. The summed E-state index contributed by atoms with van der Waals surface area (Å²) < 4.78 is 65.7. The summed E-state index contributed by atoms with van der Waals surface area (Å²) >= 11 is 0. The molecule has 9 nitrogen and oxygen atoms in total. The van der Waals surface area contributed by atoms with Gasteiger partial charge in [-0.3, -0.25) is 14.5 Å². The van der Waals surface area contributed by atoms with Crippen molar-refractivity contribution in [1.82, 2.24) is 35.4 Å². The molecular weight excluding hydrogens is 463 g/mol. The predicted octanol–water partition coefficient (Wildman–Crippen LogP) is 2.27. The maximum Gasteiger partial charge on any atom is 0.408 e. The van der Waals surface area contributed by atoms with Gasteiger partial charge in [-0.15, -0.1) is 0 Å². The van der Waals surface area contributed by atoms with Crippen LogP contribution >= 0.6 is 0 Å². The predicted molar refractivity (Wildman–Crippen MR) is 111 cm³/mol. The Bertz CT molecular complexity index is 1200. The second kappa shape index (κ2) is 8.93. The van der Waals surface area contributed by atoms with E-state index in [4.69, 9.17) is 5.73 Å². The van der Waals surface area contributed by atoms with Crippen LogP contribution < -0.4 is 16.4 Å². The largest absolute Gasteiger partial charge is 0.408 e. The number of nitrogens with two attached hydrogens (primary N) is 1. The molecule has 1 aliphatic rings. The number of carbonyl (C=O) groups is 1. The van der Waals surface area contributed by atoms with Crippen molar-refractivity contribution in [1.29, 1.82) is 0 Å². The van der Waals surface area contributed by atoms with Gasteiger partial charge in [-0.25, -0.2) is 18.7 Å². The molecule has 14 heteroatoms. The monoisotopic (exact) mass is 482 g/mol. The Labute approximate surface area is 189 Å². The molecule has 0 bridgehead atoms. The van der Waals surface area contributed by atoms with E-state index >= 15 is 0 Å². The highest BCUT2D eigenvalue weighted by Crippen LogP contribution is 2.26. The van der Waals surface area contributed by atoms with Gasteiger partial charge in [-0.05, 0) is 12.1 Å². The van der Waals surface area contributed by atoms with Crippen LogP contribution in [0.15, 0.2) is 36.9 Å². The van der Waals surface area contributed by atoms with Crippen LogP contribution in [0.5, 0.6) is 0 Å². The Kier molecular flexibility index (Phi) is 6.17. The van der Waals surface area contributed by atoms with Crippen LogP contribution in [0.3, 0.4) is 0 Å². The fourth-order valence-electron chi connectivity index (χ4n) is 3.51. The highest BCUT2D eigenvalue weighted by Gasteiger charge is 2.37. The summed E-state index contributed by atoms with van der Waals surface area (Å²) in [6.45, 7) is -1.53. The summed E-state index contributed by atoms with van der Waals surface area (Å²) in [5, 5.41) is 8.75. The lowest BCUT2D eigenvalue weighted by Crippen LogP contribution is -2.53. The first-order chi connectivity index (χ1) is 16.0. The number of carbonyl (C=O) groups excluding carboxylic acids is 1. The summed E-state index contributed by atoms with van der Waals surface area (Å²) in [5.74, 6) is -3.88. The standard InChI is InChI=1S/C20H19F5N8O/c21-19(22)4-13(6-27-9-19)31-18(34)16-17(26)29-7-15(32-16)11-1-2-28-14(3-11)12-5-30-33(8-12)10-20(23,24)25/h1-3,5,7-8,13,27H,4,6,9-10H2,(H2,26,29)(H,31,34). The van der Waals surface area contributed by atoms with Crippen LogP contribution in [-0.2, 0) is 6.54 Å². The molecule has 1 unspecified atom stereocenters. The van der Waals surface area contributed by atoms with E-state index in [0.29, 0.717) is 16.8 Å². The molecule has 180 valence electrons. The molecule has 1 saturated heterocycles. The van der Waals surface area contributed by atoms with Gasteiger partial charge < -0.3 is 16.4 Å². The molecule has 1 fully saturated rings. The Morgan fingerprint density at radius 2 is 2.03 bits per heavy atom. The SMILES string of the molecule is Nc1ncc(-c2ccnc(-c3cnn(CC(F)(F)F)c3)c2)nc1C(=O)NC1CNCC(F)(F)C1. The molecule has 0 radical (unpaired) electrons. The average molecular weight is 482 g/mol. The van der Waals surface area contributed by atoms with Crippen LogP contribution in [0.25, 0.3) is 22.5 Å². The summed E-state index contributed by atoms with van der Waals surface area (Å²) in [4.78, 5) is 25.0. The third kappa shape index (κ3) is 5.62. The fourth-order valence-corrected chi connectivity index (χ4v) is 3.51. The number of alkyl halides is 5. The molecule has 4 rings (SSSR count). The normalized spacial score (nSPS) is 18.0. The van der Waals surface area contributed by atoms with Crippen molar-refractivity contribution >= 4 is 11.7 Å². The first-order valence-electron chi connectivity index (χ1n) is 10.1. The van der Waals surface area contributed by atoms with Crippen molar-refractivity contribution in [3.05, 3.63) is 42.6 Å². The van der Waals surface area contributed by atoms with Crippen LogP contribution in [-0.4, -0.2) is 61.9 Å². The smallest absolute Gasteiger partial charge is 0.382 e. The minimum Gasteiger partial charge on any atom is -0.382 e. The van der Waals surface area contributed by atoms with E-state index in [1.165, 1.54) is 24.8 Å². The summed E-state index contributed by atoms with van der Waals surface area (Å²) in [6.07, 6.45) is 0.252. The zero-order chi connectivity index (χ0) is 24.5. The Hall–Kier alpha value is -3.68. The Morgan fingerprint density at radius 3 is 2.76 bits per heavy atom. The quantitative estimate of drug-likeness (QED) is 0.477. The maximum absolute atomic E-state index is 13.6. The van der Waals surface area contributed by atoms with Crippen LogP contribution in [0.2, 0.25) is 0 Å². The number of nitrogens with zero attached hydrogens (tertiary/aromatic N) is 5. The highest BCUT2D eigenvalue weighted by molar-refractivity contribution is 5.97. The molecule has 1 aliphatic heterocycles.